The summed E-state index contributed by atoms with van der Waals surface area (Å²) in [5.74, 6) is 0.100. The fourth-order valence-electron chi connectivity index (χ4n) is 1.93. The van der Waals surface area contributed by atoms with E-state index >= 15 is 0 Å². The summed E-state index contributed by atoms with van der Waals surface area (Å²) in [4.78, 5) is 11.1. The molecular weight excluding hydrogens is 238 g/mol. The number of ether oxygens (including phenoxy) is 1. The summed E-state index contributed by atoms with van der Waals surface area (Å²) >= 11 is 0. The van der Waals surface area contributed by atoms with Crippen LogP contribution in [0.2, 0.25) is 0 Å². The van der Waals surface area contributed by atoms with Crippen molar-refractivity contribution in [3.05, 3.63) is 11.3 Å². The topological polar surface area (TPSA) is 99.0 Å². The first-order valence-corrected chi connectivity index (χ1v) is 6.02. The number of allylic oxidation sites excluding steroid dienone is 1. The largest absolute Gasteiger partial charge is 0.487 e. The summed E-state index contributed by atoms with van der Waals surface area (Å²) in [5, 5.41) is 31.5. The van der Waals surface area contributed by atoms with E-state index < -0.39 is 31.0 Å². The molecule has 0 radical (unpaired) electrons. The van der Waals surface area contributed by atoms with Crippen LogP contribution in [0.25, 0.3) is 0 Å². The molecule has 4 N–H and O–H groups in total. The lowest BCUT2D eigenvalue weighted by Gasteiger charge is -2.40. The van der Waals surface area contributed by atoms with E-state index in [1.165, 1.54) is 6.92 Å². The van der Waals surface area contributed by atoms with Crippen molar-refractivity contribution in [3.63, 3.8) is 0 Å². The molecule has 1 amide bonds. The summed E-state index contributed by atoms with van der Waals surface area (Å²) in [7, 11) is 0. The molecule has 1 heterocycles. The lowest BCUT2D eigenvalue weighted by molar-refractivity contribution is -0.141. The summed E-state index contributed by atoms with van der Waals surface area (Å²) in [5.41, 5.74) is 0.859. The van der Waals surface area contributed by atoms with Crippen LogP contribution in [0.15, 0.2) is 11.3 Å². The first kappa shape index (κ1) is 14.9. The molecule has 0 aromatic carbocycles. The Kier molecular flexibility index (Phi) is 5.13. The highest BCUT2D eigenvalue weighted by Gasteiger charge is 2.42. The quantitative estimate of drug-likeness (QED) is 0.536. The van der Waals surface area contributed by atoms with Crippen molar-refractivity contribution in [2.24, 2.45) is 0 Å². The molecule has 1 aliphatic heterocycles. The standard InChI is InChI=1S/C12H21NO5/c1-4-6(2)12-9(13-7(3)15)11(17)10(16)8(5-14)18-12/h8-11,14,16-17H,4-5H2,1-3H3,(H,13,15)/b12-6-. The van der Waals surface area contributed by atoms with Crippen LogP contribution < -0.4 is 5.32 Å². The molecule has 0 aromatic heterocycles. The molecule has 1 fully saturated rings. The van der Waals surface area contributed by atoms with Gasteiger partial charge in [-0.2, -0.15) is 0 Å². The number of amides is 1. The zero-order valence-electron chi connectivity index (χ0n) is 10.9. The van der Waals surface area contributed by atoms with Crippen LogP contribution in [0.3, 0.4) is 0 Å². The number of aliphatic hydroxyl groups excluding tert-OH is 3. The SMILES string of the molecule is CC/C(C)=C1\OC(CO)C(O)C(O)C1NC(C)=O. The second kappa shape index (κ2) is 6.17. The highest BCUT2D eigenvalue weighted by molar-refractivity contribution is 5.73. The van der Waals surface area contributed by atoms with E-state index in [0.717, 1.165) is 5.57 Å². The fourth-order valence-corrected chi connectivity index (χ4v) is 1.93. The van der Waals surface area contributed by atoms with Crippen molar-refractivity contribution in [1.29, 1.82) is 0 Å². The Morgan fingerprint density at radius 1 is 1.33 bits per heavy atom. The van der Waals surface area contributed by atoms with Crippen molar-refractivity contribution in [1.82, 2.24) is 5.32 Å². The molecule has 0 spiro atoms. The van der Waals surface area contributed by atoms with Crippen LogP contribution in [0, 0.1) is 0 Å². The minimum Gasteiger partial charge on any atom is -0.487 e. The number of carbonyl (C=O) groups excluding carboxylic acids is 1. The predicted molar refractivity (Wildman–Crippen MR) is 64.6 cm³/mol. The maximum absolute atomic E-state index is 11.1. The molecule has 18 heavy (non-hydrogen) atoms. The number of nitrogens with one attached hydrogen (secondary N) is 1. The highest BCUT2D eigenvalue weighted by Crippen LogP contribution is 2.27. The van der Waals surface area contributed by atoms with Gasteiger partial charge in [0.05, 0.1) is 6.61 Å². The Morgan fingerprint density at radius 3 is 2.39 bits per heavy atom. The van der Waals surface area contributed by atoms with Gasteiger partial charge in [0.25, 0.3) is 0 Å². The van der Waals surface area contributed by atoms with Gasteiger partial charge >= 0.3 is 0 Å². The van der Waals surface area contributed by atoms with Gasteiger partial charge in [0.2, 0.25) is 5.91 Å². The third kappa shape index (κ3) is 3.01. The van der Waals surface area contributed by atoms with Gasteiger partial charge in [-0.3, -0.25) is 4.79 Å². The second-order valence-corrected chi connectivity index (χ2v) is 4.50. The van der Waals surface area contributed by atoms with Gasteiger partial charge in [-0.15, -0.1) is 0 Å². The number of aliphatic hydroxyl groups is 3. The average molecular weight is 259 g/mol. The molecule has 1 saturated heterocycles. The third-order valence-electron chi connectivity index (χ3n) is 3.12. The smallest absolute Gasteiger partial charge is 0.217 e. The zero-order chi connectivity index (χ0) is 13.9. The molecule has 104 valence electrons. The lowest BCUT2D eigenvalue weighted by Crippen LogP contribution is -2.58. The van der Waals surface area contributed by atoms with E-state index in [9.17, 15) is 15.0 Å². The van der Waals surface area contributed by atoms with Gasteiger partial charge in [-0.05, 0) is 18.9 Å². The van der Waals surface area contributed by atoms with Gasteiger partial charge in [-0.1, -0.05) is 6.92 Å². The summed E-state index contributed by atoms with van der Waals surface area (Å²) in [6.45, 7) is 4.67. The maximum atomic E-state index is 11.1. The predicted octanol–water partition coefficient (Wildman–Crippen LogP) is -0.712. The number of carbonyl (C=O) groups is 1. The first-order chi connectivity index (χ1) is 8.42. The summed E-state index contributed by atoms with van der Waals surface area (Å²) in [6, 6.07) is -0.778. The van der Waals surface area contributed by atoms with Gasteiger partial charge in [-0.25, -0.2) is 0 Å². The van der Waals surface area contributed by atoms with Crippen molar-refractivity contribution >= 4 is 5.91 Å². The van der Waals surface area contributed by atoms with E-state index in [2.05, 4.69) is 5.32 Å². The van der Waals surface area contributed by atoms with Gasteiger partial charge < -0.3 is 25.4 Å². The Balaban J connectivity index is 3.06. The Bertz CT molecular complexity index is 341. The van der Waals surface area contributed by atoms with Crippen molar-refractivity contribution in [3.8, 4) is 0 Å². The lowest BCUT2D eigenvalue weighted by atomic mass is 9.93. The minimum absolute atomic E-state index is 0.321. The highest BCUT2D eigenvalue weighted by atomic mass is 16.5. The minimum atomic E-state index is -1.24. The summed E-state index contributed by atoms with van der Waals surface area (Å²) < 4.78 is 5.49. The first-order valence-electron chi connectivity index (χ1n) is 6.02. The van der Waals surface area contributed by atoms with E-state index in [1.807, 2.05) is 13.8 Å². The van der Waals surface area contributed by atoms with E-state index in [0.29, 0.717) is 12.2 Å². The molecule has 4 atom stereocenters. The van der Waals surface area contributed by atoms with Gasteiger partial charge in [0.15, 0.2) is 0 Å². The van der Waals surface area contributed by atoms with Crippen LogP contribution in [-0.2, 0) is 9.53 Å². The van der Waals surface area contributed by atoms with E-state index in [4.69, 9.17) is 9.84 Å². The van der Waals surface area contributed by atoms with Gasteiger partial charge in [0.1, 0.15) is 30.1 Å². The molecular formula is C12H21NO5. The van der Waals surface area contributed by atoms with Crippen LogP contribution >= 0.6 is 0 Å². The van der Waals surface area contributed by atoms with Crippen LogP contribution in [-0.4, -0.2) is 52.2 Å². The van der Waals surface area contributed by atoms with E-state index in [1.54, 1.807) is 0 Å². The molecule has 0 aliphatic carbocycles. The van der Waals surface area contributed by atoms with Crippen molar-refractivity contribution < 1.29 is 24.9 Å². The van der Waals surface area contributed by atoms with Crippen molar-refractivity contribution in [2.45, 2.75) is 51.5 Å². The third-order valence-corrected chi connectivity index (χ3v) is 3.12. The van der Waals surface area contributed by atoms with Gasteiger partial charge in [0, 0.05) is 6.92 Å². The number of rotatable bonds is 3. The van der Waals surface area contributed by atoms with Crippen LogP contribution in [0.4, 0.5) is 0 Å². The molecule has 6 nitrogen and oxygen atoms in total. The van der Waals surface area contributed by atoms with Crippen molar-refractivity contribution in [2.75, 3.05) is 6.61 Å². The Hall–Kier alpha value is -1.11. The average Bonchev–Trinajstić information content (AvgIpc) is 2.34. The van der Waals surface area contributed by atoms with Crippen LogP contribution in [0.5, 0.6) is 0 Å². The fraction of sp³-hybridized carbons (Fsp3) is 0.750. The maximum Gasteiger partial charge on any atom is 0.217 e. The number of hydrogen-bond acceptors (Lipinski definition) is 5. The molecule has 4 unspecified atom stereocenters. The molecule has 6 heteroatoms. The Morgan fingerprint density at radius 2 is 1.94 bits per heavy atom. The van der Waals surface area contributed by atoms with E-state index in [-0.39, 0.29) is 5.91 Å². The van der Waals surface area contributed by atoms with Crippen LogP contribution in [0.1, 0.15) is 27.2 Å². The zero-order valence-corrected chi connectivity index (χ0v) is 10.9. The molecule has 1 rings (SSSR count). The summed E-state index contributed by atoms with van der Waals surface area (Å²) in [6.07, 6.45) is -2.62. The molecule has 0 bridgehead atoms. The molecule has 0 saturated carbocycles. The molecule has 0 aromatic rings. The number of hydrogen-bond donors (Lipinski definition) is 4. The second-order valence-electron chi connectivity index (χ2n) is 4.50. The Labute approximate surface area is 106 Å². The normalized spacial score (nSPS) is 34.8. The monoisotopic (exact) mass is 259 g/mol. The molecule has 1 aliphatic rings.